The normalized spacial score (nSPS) is 17.4. The maximum Gasteiger partial charge on any atom is 0.432 e. The third-order valence-corrected chi connectivity index (χ3v) is 6.54. The minimum absolute atomic E-state index is 0.429. The quantitative estimate of drug-likeness (QED) is 0.392. The molecular weight excluding hydrogens is 438 g/mol. The topological polar surface area (TPSA) is 131 Å². The summed E-state index contributed by atoms with van der Waals surface area (Å²) in [5.74, 6) is 1.83. The number of hydrogen-bond donors (Lipinski definition) is 3. The van der Waals surface area contributed by atoms with E-state index in [-0.39, 0.29) is 0 Å². The first-order chi connectivity index (χ1) is 16.6. The van der Waals surface area contributed by atoms with E-state index in [9.17, 15) is 9.90 Å². The number of anilines is 3. The molecule has 2 saturated heterocycles. The molecule has 176 valence electrons. The number of furan rings is 1. The second-order valence-electron chi connectivity index (χ2n) is 8.82. The SMILES string of the molecule is O=C(O)n1ncc2ccc(Nc3nc(N4CCC(CNC5COC5)CC4)c4occc4n3)cc21. The predicted molar refractivity (Wildman–Crippen MR) is 126 cm³/mol. The molecule has 2 fully saturated rings. The molecule has 0 radical (unpaired) electrons. The molecule has 2 aliphatic heterocycles. The molecule has 1 aromatic carbocycles. The van der Waals surface area contributed by atoms with Gasteiger partial charge >= 0.3 is 6.09 Å². The van der Waals surface area contributed by atoms with Crippen LogP contribution in [0.3, 0.4) is 0 Å². The third kappa shape index (κ3) is 3.93. The van der Waals surface area contributed by atoms with Crippen LogP contribution in [0.5, 0.6) is 0 Å². The largest absolute Gasteiger partial charge is 0.463 e. The van der Waals surface area contributed by atoms with Gasteiger partial charge < -0.3 is 29.8 Å². The summed E-state index contributed by atoms with van der Waals surface area (Å²) in [5.41, 5.74) is 2.56. The first-order valence-corrected chi connectivity index (χ1v) is 11.4. The number of ether oxygens (including phenoxy) is 1. The van der Waals surface area contributed by atoms with Crippen molar-refractivity contribution in [1.82, 2.24) is 25.1 Å². The van der Waals surface area contributed by atoms with E-state index < -0.39 is 6.09 Å². The van der Waals surface area contributed by atoms with Gasteiger partial charge in [0.25, 0.3) is 0 Å². The summed E-state index contributed by atoms with van der Waals surface area (Å²) < 4.78 is 11.9. The number of fused-ring (bicyclic) bond motifs is 2. The van der Waals surface area contributed by atoms with E-state index in [4.69, 9.17) is 14.1 Å². The highest BCUT2D eigenvalue weighted by molar-refractivity contribution is 5.90. The lowest BCUT2D eigenvalue weighted by molar-refractivity contribution is -0.00682. The second-order valence-corrected chi connectivity index (χ2v) is 8.82. The molecule has 3 aromatic heterocycles. The molecule has 3 N–H and O–H groups in total. The zero-order chi connectivity index (χ0) is 23.1. The van der Waals surface area contributed by atoms with Crippen LogP contribution in [0.1, 0.15) is 12.8 Å². The van der Waals surface area contributed by atoms with Crippen molar-refractivity contribution in [1.29, 1.82) is 0 Å². The number of benzene rings is 1. The van der Waals surface area contributed by atoms with E-state index in [1.54, 1.807) is 12.3 Å². The van der Waals surface area contributed by atoms with Gasteiger partial charge in [-0.2, -0.15) is 14.8 Å². The molecule has 0 unspecified atom stereocenters. The van der Waals surface area contributed by atoms with Crippen molar-refractivity contribution < 1.29 is 19.1 Å². The molecule has 0 spiro atoms. The van der Waals surface area contributed by atoms with Gasteiger partial charge in [0.15, 0.2) is 11.4 Å². The highest BCUT2D eigenvalue weighted by Crippen LogP contribution is 2.31. The zero-order valence-electron chi connectivity index (χ0n) is 18.5. The molecule has 0 atom stereocenters. The Balaban J connectivity index is 1.22. The second kappa shape index (κ2) is 8.58. The van der Waals surface area contributed by atoms with E-state index in [0.717, 1.165) is 67.1 Å². The molecule has 11 nitrogen and oxygen atoms in total. The highest BCUT2D eigenvalue weighted by atomic mass is 16.5. The molecule has 0 bridgehead atoms. The van der Waals surface area contributed by atoms with Crippen LogP contribution in [0.25, 0.3) is 22.0 Å². The molecule has 6 rings (SSSR count). The van der Waals surface area contributed by atoms with Gasteiger partial charge in [-0.25, -0.2) is 9.78 Å². The van der Waals surface area contributed by atoms with Crippen LogP contribution >= 0.6 is 0 Å². The molecule has 34 heavy (non-hydrogen) atoms. The van der Waals surface area contributed by atoms with Crippen molar-refractivity contribution >= 4 is 45.5 Å². The Morgan fingerprint density at radius 3 is 2.79 bits per heavy atom. The van der Waals surface area contributed by atoms with Crippen LogP contribution in [0.15, 0.2) is 41.1 Å². The van der Waals surface area contributed by atoms with Gasteiger partial charge in [-0.05, 0) is 43.5 Å². The van der Waals surface area contributed by atoms with Crippen molar-refractivity contribution in [2.75, 3.05) is 43.1 Å². The van der Waals surface area contributed by atoms with Crippen LogP contribution in [-0.2, 0) is 4.74 Å². The van der Waals surface area contributed by atoms with Crippen LogP contribution in [0, 0.1) is 5.92 Å². The van der Waals surface area contributed by atoms with Gasteiger partial charge in [0.2, 0.25) is 5.95 Å². The number of hydrogen-bond acceptors (Lipinski definition) is 9. The summed E-state index contributed by atoms with van der Waals surface area (Å²) >= 11 is 0. The summed E-state index contributed by atoms with van der Waals surface area (Å²) in [6, 6.07) is 7.72. The van der Waals surface area contributed by atoms with E-state index >= 15 is 0 Å². The number of carboxylic acid groups (broad SMARTS) is 1. The summed E-state index contributed by atoms with van der Waals surface area (Å²) in [4.78, 5) is 23.0. The molecule has 0 amide bonds. The fourth-order valence-electron chi connectivity index (χ4n) is 4.53. The van der Waals surface area contributed by atoms with Gasteiger partial charge in [0.05, 0.1) is 37.2 Å². The van der Waals surface area contributed by atoms with Crippen LogP contribution < -0.4 is 15.5 Å². The van der Waals surface area contributed by atoms with Gasteiger partial charge in [-0.3, -0.25) is 0 Å². The number of nitrogens with one attached hydrogen (secondary N) is 2. The van der Waals surface area contributed by atoms with E-state index in [2.05, 4.69) is 25.6 Å². The minimum Gasteiger partial charge on any atom is -0.463 e. The Morgan fingerprint density at radius 2 is 2.03 bits per heavy atom. The zero-order valence-corrected chi connectivity index (χ0v) is 18.5. The molecule has 0 aliphatic carbocycles. The summed E-state index contributed by atoms with van der Waals surface area (Å²) in [6.45, 7) is 4.44. The Kier molecular flexibility index (Phi) is 5.27. The molecule has 4 aromatic rings. The Bertz CT molecular complexity index is 1340. The summed E-state index contributed by atoms with van der Waals surface area (Å²) in [6.07, 6.45) is 4.17. The Labute approximate surface area is 194 Å². The van der Waals surface area contributed by atoms with E-state index in [1.165, 1.54) is 6.20 Å². The minimum atomic E-state index is -1.13. The maximum atomic E-state index is 11.4. The first-order valence-electron chi connectivity index (χ1n) is 11.4. The van der Waals surface area contributed by atoms with Crippen LogP contribution in [-0.4, -0.2) is 69.8 Å². The summed E-state index contributed by atoms with van der Waals surface area (Å²) in [5, 5.41) is 20.8. The molecule has 2 aliphatic rings. The lowest BCUT2D eigenvalue weighted by atomic mass is 9.96. The van der Waals surface area contributed by atoms with Gasteiger partial charge in [0.1, 0.15) is 5.52 Å². The molecule has 11 heteroatoms. The standard InChI is InChI=1S/C23H25N7O4/c31-23(32)30-19-9-16(2-1-15(19)11-25-30)26-22-27-18-5-8-34-20(18)21(28-22)29-6-3-14(4-7-29)10-24-17-12-33-13-17/h1-2,5,8-9,11,14,17,24H,3-4,6-7,10,12-13H2,(H,31,32)(H,26,27,28). The van der Waals surface area contributed by atoms with Gasteiger partial charge in [-0.1, -0.05) is 0 Å². The number of piperidine rings is 1. The predicted octanol–water partition coefficient (Wildman–Crippen LogP) is 3.05. The first kappa shape index (κ1) is 20.9. The Hall–Kier alpha value is -3.70. The van der Waals surface area contributed by atoms with Crippen molar-refractivity contribution in [3.8, 4) is 0 Å². The highest BCUT2D eigenvalue weighted by Gasteiger charge is 2.25. The lowest BCUT2D eigenvalue weighted by Crippen LogP contribution is -2.48. The van der Waals surface area contributed by atoms with Crippen LogP contribution in [0.2, 0.25) is 0 Å². The monoisotopic (exact) mass is 463 g/mol. The lowest BCUT2D eigenvalue weighted by Gasteiger charge is -2.35. The van der Waals surface area contributed by atoms with E-state index in [0.29, 0.717) is 34.7 Å². The fraction of sp³-hybridized carbons (Fsp3) is 0.391. The van der Waals surface area contributed by atoms with Crippen molar-refractivity contribution in [3.05, 3.63) is 36.7 Å². The number of rotatable bonds is 6. The van der Waals surface area contributed by atoms with E-state index in [1.807, 2.05) is 18.2 Å². The fourth-order valence-corrected chi connectivity index (χ4v) is 4.53. The Morgan fingerprint density at radius 1 is 1.18 bits per heavy atom. The third-order valence-electron chi connectivity index (χ3n) is 6.54. The van der Waals surface area contributed by atoms with Crippen molar-refractivity contribution in [3.63, 3.8) is 0 Å². The average molecular weight is 463 g/mol. The molecule has 0 saturated carbocycles. The van der Waals surface area contributed by atoms with Crippen LogP contribution in [0.4, 0.5) is 22.2 Å². The number of nitrogens with zero attached hydrogens (tertiary/aromatic N) is 5. The molecular formula is C23H25N7O4. The van der Waals surface area contributed by atoms with Crippen molar-refractivity contribution in [2.24, 2.45) is 5.92 Å². The smallest absolute Gasteiger partial charge is 0.432 e. The number of aromatic nitrogens is 4. The molecule has 5 heterocycles. The average Bonchev–Trinajstić information content (AvgIpc) is 3.45. The van der Waals surface area contributed by atoms with Gasteiger partial charge in [0, 0.05) is 30.2 Å². The van der Waals surface area contributed by atoms with Gasteiger partial charge in [-0.15, -0.1) is 0 Å². The maximum absolute atomic E-state index is 11.4. The van der Waals surface area contributed by atoms with Crippen molar-refractivity contribution in [2.45, 2.75) is 18.9 Å². The summed E-state index contributed by atoms with van der Waals surface area (Å²) in [7, 11) is 0. The number of carbonyl (C=O) groups is 1.